The van der Waals surface area contributed by atoms with Crippen molar-refractivity contribution in [1.29, 1.82) is 0 Å². The molecule has 30 heavy (non-hydrogen) atoms. The predicted molar refractivity (Wildman–Crippen MR) is 115 cm³/mol. The fraction of sp³-hybridized carbons (Fsp3) is 0.417. The van der Waals surface area contributed by atoms with Gasteiger partial charge in [-0.05, 0) is 36.2 Å². The van der Waals surface area contributed by atoms with Crippen LogP contribution in [0, 0.1) is 0 Å². The minimum atomic E-state index is 0.274. The highest BCUT2D eigenvalue weighted by atomic mass is 16.7. The number of aryl methyl sites for hydroxylation is 1. The van der Waals surface area contributed by atoms with Crippen molar-refractivity contribution in [3.63, 3.8) is 0 Å². The van der Waals surface area contributed by atoms with Crippen LogP contribution >= 0.6 is 0 Å². The van der Waals surface area contributed by atoms with E-state index in [1.165, 1.54) is 32.1 Å². The lowest BCUT2D eigenvalue weighted by Gasteiger charge is -2.05. The van der Waals surface area contributed by atoms with E-state index in [9.17, 15) is 0 Å². The summed E-state index contributed by atoms with van der Waals surface area (Å²) in [5, 5.41) is 8.76. The quantitative estimate of drug-likeness (QED) is 0.376. The van der Waals surface area contributed by atoms with Crippen LogP contribution < -0.4 is 14.8 Å². The summed E-state index contributed by atoms with van der Waals surface area (Å²) < 4.78 is 16.2. The smallest absolute Gasteiger partial charge is 0.257 e. The molecule has 6 nitrogen and oxygen atoms in total. The highest BCUT2D eigenvalue weighted by Crippen LogP contribution is 2.34. The van der Waals surface area contributed by atoms with Crippen molar-refractivity contribution in [1.82, 2.24) is 15.5 Å². The molecule has 1 aliphatic rings. The van der Waals surface area contributed by atoms with E-state index in [1.807, 2.05) is 42.5 Å². The third-order valence-corrected chi connectivity index (χ3v) is 5.22. The zero-order chi connectivity index (χ0) is 20.6. The van der Waals surface area contributed by atoms with Crippen LogP contribution in [-0.4, -0.2) is 16.9 Å². The van der Waals surface area contributed by atoms with Gasteiger partial charge in [0.1, 0.15) is 0 Å². The first kappa shape index (κ1) is 20.3. The normalized spacial score (nSPS) is 12.3. The third kappa shape index (κ3) is 5.32. The molecule has 0 atom stereocenters. The summed E-state index contributed by atoms with van der Waals surface area (Å²) in [4.78, 5) is 4.54. The van der Waals surface area contributed by atoms with Crippen LogP contribution in [0.2, 0.25) is 0 Å². The van der Waals surface area contributed by atoms with Crippen molar-refractivity contribution in [3.05, 3.63) is 53.9 Å². The lowest BCUT2D eigenvalue weighted by molar-refractivity contribution is 0.174. The first-order valence-electron chi connectivity index (χ1n) is 10.8. The molecule has 0 amide bonds. The first-order valence-corrected chi connectivity index (χ1v) is 10.8. The molecule has 1 aliphatic heterocycles. The Morgan fingerprint density at radius 2 is 1.70 bits per heavy atom. The minimum absolute atomic E-state index is 0.274. The number of fused-ring (bicyclic) bond motifs is 1. The molecule has 0 fully saturated rings. The van der Waals surface area contributed by atoms with Gasteiger partial charge >= 0.3 is 0 Å². The number of hydrogen-bond acceptors (Lipinski definition) is 5. The van der Waals surface area contributed by atoms with Crippen LogP contribution in [0.15, 0.2) is 47.0 Å². The third-order valence-electron chi connectivity index (χ3n) is 5.22. The van der Waals surface area contributed by atoms with Gasteiger partial charge in [-0.2, -0.15) is 4.98 Å². The number of nitrogens with zero attached hydrogens (tertiary/aromatic N) is 3. The van der Waals surface area contributed by atoms with E-state index in [0.717, 1.165) is 47.0 Å². The van der Waals surface area contributed by atoms with E-state index < -0.39 is 0 Å². The summed E-state index contributed by atoms with van der Waals surface area (Å²) in [6, 6.07) is 13.8. The van der Waals surface area contributed by atoms with E-state index in [1.54, 1.807) is 0 Å². The van der Waals surface area contributed by atoms with Crippen molar-refractivity contribution in [2.75, 3.05) is 6.79 Å². The molecular formula is C24H28N3O3. The molecule has 0 saturated carbocycles. The Morgan fingerprint density at radius 3 is 2.57 bits per heavy atom. The van der Waals surface area contributed by atoms with Crippen molar-refractivity contribution in [2.45, 2.75) is 58.4 Å². The van der Waals surface area contributed by atoms with E-state index >= 15 is 0 Å². The van der Waals surface area contributed by atoms with Crippen LogP contribution in [-0.2, 0) is 13.0 Å². The van der Waals surface area contributed by atoms with E-state index in [4.69, 9.17) is 14.0 Å². The van der Waals surface area contributed by atoms with Gasteiger partial charge in [-0.25, -0.2) is 0 Å². The zero-order valence-corrected chi connectivity index (χ0v) is 17.5. The van der Waals surface area contributed by atoms with Crippen LogP contribution in [0.3, 0.4) is 0 Å². The zero-order valence-electron chi connectivity index (χ0n) is 17.5. The Labute approximate surface area is 177 Å². The van der Waals surface area contributed by atoms with Crippen molar-refractivity contribution < 1.29 is 14.0 Å². The molecule has 0 N–H and O–H groups in total. The van der Waals surface area contributed by atoms with Crippen molar-refractivity contribution >= 4 is 5.69 Å². The molecule has 0 spiro atoms. The summed E-state index contributed by atoms with van der Waals surface area (Å²) >= 11 is 0. The van der Waals surface area contributed by atoms with E-state index in [2.05, 4.69) is 22.4 Å². The molecule has 0 unspecified atom stereocenters. The molecule has 1 aromatic heterocycles. The molecular weight excluding hydrogens is 378 g/mol. The van der Waals surface area contributed by atoms with Crippen LogP contribution in [0.25, 0.3) is 11.5 Å². The minimum Gasteiger partial charge on any atom is -0.454 e. The summed E-state index contributed by atoms with van der Waals surface area (Å²) in [5.41, 5.74) is 2.92. The molecule has 0 aliphatic carbocycles. The Kier molecular flexibility index (Phi) is 6.85. The van der Waals surface area contributed by atoms with Gasteiger partial charge in [0.2, 0.25) is 6.79 Å². The summed E-state index contributed by atoms with van der Waals surface area (Å²) in [6.45, 7) is 3.10. The van der Waals surface area contributed by atoms with Crippen LogP contribution in [0.5, 0.6) is 11.5 Å². The van der Waals surface area contributed by atoms with Gasteiger partial charge < -0.3 is 14.0 Å². The fourth-order valence-corrected chi connectivity index (χ4v) is 3.46. The average Bonchev–Trinajstić information content (AvgIpc) is 3.44. The Balaban J connectivity index is 1.26. The number of ether oxygens (including phenoxy) is 2. The van der Waals surface area contributed by atoms with Gasteiger partial charge in [0.05, 0.1) is 12.2 Å². The molecule has 157 valence electrons. The maximum Gasteiger partial charge on any atom is 0.257 e. The summed E-state index contributed by atoms with van der Waals surface area (Å²) in [6.07, 6.45) is 8.43. The van der Waals surface area contributed by atoms with Gasteiger partial charge in [0, 0.05) is 18.1 Å². The van der Waals surface area contributed by atoms with Crippen LogP contribution in [0.4, 0.5) is 5.69 Å². The Morgan fingerprint density at radius 1 is 0.900 bits per heavy atom. The van der Waals surface area contributed by atoms with Gasteiger partial charge in [0.25, 0.3) is 5.89 Å². The molecule has 1 radical (unpaired) electrons. The molecule has 4 rings (SSSR count). The predicted octanol–water partition coefficient (Wildman–Crippen LogP) is 5.80. The average molecular weight is 407 g/mol. The molecule has 2 heterocycles. The SMILES string of the molecule is CCCCCCCCc1noc(-c2ccc(C[N]c3ccc4c(c3)OCO4)cc2)n1. The van der Waals surface area contributed by atoms with Gasteiger partial charge in [-0.3, -0.25) is 5.32 Å². The number of benzene rings is 2. The largest absolute Gasteiger partial charge is 0.454 e. The van der Waals surface area contributed by atoms with Crippen molar-refractivity contribution in [3.8, 4) is 23.0 Å². The van der Waals surface area contributed by atoms with Crippen LogP contribution in [0.1, 0.15) is 56.8 Å². The first-order chi connectivity index (χ1) is 14.8. The van der Waals surface area contributed by atoms with Gasteiger partial charge in [-0.15, -0.1) is 0 Å². The summed E-state index contributed by atoms with van der Waals surface area (Å²) in [5.74, 6) is 2.89. The second-order valence-corrected chi connectivity index (χ2v) is 7.58. The molecule has 0 saturated heterocycles. The second-order valence-electron chi connectivity index (χ2n) is 7.58. The second kappa shape index (κ2) is 10.1. The molecule has 2 aromatic carbocycles. The fourth-order valence-electron chi connectivity index (χ4n) is 3.46. The highest BCUT2D eigenvalue weighted by molar-refractivity contribution is 5.54. The Hall–Kier alpha value is -3.02. The monoisotopic (exact) mass is 406 g/mol. The lowest BCUT2D eigenvalue weighted by Crippen LogP contribution is -1.98. The highest BCUT2D eigenvalue weighted by Gasteiger charge is 2.13. The van der Waals surface area contributed by atoms with E-state index in [-0.39, 0.29) is 6.79 Å². The number of aromatic nitrogens is 2. The van der Waals surface area contributed by atoms with Gasteiger partial charge in [0.15, 0.2) is 17.3 Å². The number of hydrogen-bond donors (Lipinski definition) is 0. The molecule has 6 heteroatoms. The number of unbranched alkanes of at least 4 members (excludes halogenated alkanes) is 5. The maximum absolute atomic E-state index is 5.45. The van der Waals surface area contributed by atoms with Crippen molar-refractivity contribution in [2.24, 2.45) is 0 Å². The Bertz CT molecular complexity index is 937. The molecule has 3 aromatic rings. The lowest BCUT2D eigenvalue weighted by atomic mass is 10.1. The number of rotatable bonds is 11. The standard InChI is InChI=1S/C24H28N3O3/c1-2-3-4-5-6-7-8-23-26-24(30-27-23)19-11-9-18(10-12-19)16-25-20-13-14-21-22(15-20)29-17-28-21/h9-15H,2-8,16-17H2,1H3. The maximum atomic E-state index is 5.45. The molecule has 0 bridgehead atoms. The van der Waals surface area contributed by atoms with E-state index in [0.29, 0.717) is 12.4 Å². The summed E-state index contributed by atoms with van der Waals surface area (Å²) in [7, 11) is 0. The van der Waals surface area contributed by atoms with Gasteiger partial charge in [-0.1, -0.05) is 56.3 Å². The topological polar surface area (TPSA) is 71.5 Å².